The molecule has 76 valence electrons. The summed E-state index contributed by atoms with van der Waals surface area (Å²) in [7, 11) is 0. The van der Waals surface area contributed by atoms with Gasteiger partial charge in [0.25, 0.3) is 0 Å². The third-order valence-electron chi connectivity index (χ3n) is 1.69. The third-order valence-corrected chi connectivity index (χ3v) is 2.11. The van der Waals surface area contributed by atoms with E-state index in [1.807, 2.05) is 30.3 Å². The number of esters is 1. The predicted molar refractivity (Wildman–Crippen MR) is 62.9 cm³/mol. The Hall–Kier alpha value is -0.610. The first-order valence-electron chi connectivity index (χ1n) is 4.27. The Balaban J connectivity index is 2.26. The van der Waals surface area contributed by atoms with Crippen molar-refractivity contribution in [2.45, 2.75) is 11.0 Å². The first kappa shape index (κ1) is 11.5. The number of benzene rings is 1. The maximum absolute atomic E-state index is 11.0. The molecule has 0 aliphatic carbocycles. The van der Waals surface area contributed by atoms with Gasteiger partial charge in [-0.3, -0.25) is 0 Å². The Morgan fingerprint density at radius 3 is 2.50 bits per heavy atom. The van der Waals surface area contributed by atoms with Gasteiger partial charge in [-0.15, -0.1) is 0 Å². The van der Waals surface area contributed by atoms with Crippen LogP contribution in [0, 0.1) is 0 Å². The number of thiol groups is 2. The van der Waals surface area contributed by atoms with Gasteiger partial charge in [-0.05, 0) is 5.56 Å². The van der Waals surface area contributed by atoms with Crippen molar-refractivity contribution in [2.24, 2.45) is 0 Å². The topological polar surface area (TPSA) is 26.3 Å². The summed E-state index contributed by atoms with van der Waals surface area (Å²) in [6, 6.07) is 9.85. The van der Waals surface area contributed by atoms with Gasteiger partial charge in [0.1, 0.15) is 4.58 Å². The summed E-state index contributed by atoms with van der Waals surface area (Å²) in [6.45, 7) is 0.375. The van der Waals surface area contributed by atoms with Crippen LogP contribution < -0.4 is 0 Å². The molecule has 0 spiro atoms. The molecule has 1 aromatic carbocycles. The molecule has 0 atom stereocenters. The highest BCUT2D eigenvalue weighted by Gasteiger charge is 2.09. The molecule has 0 unspecified atom stereocenters. The fourth-order valence-corrected chi connectivity index (χ4v) is 1.14. The summed E-state index contributed by atoms with van der Waals surface area (Å²) >= 11 is 7.69. The lowest BCUT2D eigenvalue weighted by Gasteiger charge is -2.05. The van der Waals surface area contributed by atoms with E-state index in [9.17, 15) is 4.79 Å². The van der Waals surface area contributed by atoms with Gasteiger partial charge in [0.15, 0.2) is 0 Å². The Kier molecular flexibility index (Phi) is 4.90. The molecule has 0 saturated carbocycles. The molecule has 0 saturated heterocycles. The average Bonchev–Trinajstić information content (AvgIpc) is 2.19. The second kappa shape index (κ2) is 5.98. The van der Waals surface area contributed by atoms with Crippen LogP contribution in [-0.2, 0) is 16.0 Å². The maximum Gasteiger partial charge on any atom is 0.328 e. The van der Waals surface area contributed by atoms with Crippen molar-refractivity contribution < 1.29 is 9.53 Å². The van der Waals surface area contributed by atoms with E-state index in [-0.39, 0.29) is 0 Å². The van der Waals surface area contributed by atoms with Crippen LogP contribution in [0.3, 0.4) is 0 Å². The first-order valence-corrected chi connectivity index (χ1v) is 5.30. The van der Waals surface area contributed by atoms with E-state index in [2.05, 4.69) is 25.3 Å². The van der Waals surface area contributed by atoms with E-state index < -0.39 is 10.6 Å². The van der Waals surface area contributed by atoms with Crippen LogP contribution in [0.2, 0.25) is 0 Å². The predicted octanol–water partition coefficient (Wildman–Crippen LogP) is 1.96. The molecule has 0 radical (unpaired) electrons. The highest BCUT2D eigenvalue weighted by molar-refractivity contribution is 8.00. The molecule has 0 fully saturated rings. The summed E-state index contributed by atoms with van der Waals surface area (Å²) < 4.78 is 4.27. The van der Waals surface area contributed by atoms with Gasteiger partial charge in [-0.25, -0.2) is 4.79 Å². The van der Waals surface area contributed by atoms with Gasteiger partial charge < -0.3 is 4.74 Å². The van der Waals surface area contributed by atoms with Crippen molar-refractivity contribution in [3.8, 4) is 0 Å². The van der Waals surface area contributed by atoms with Crippen LogP contribution in [0.25, 0.3) is 0 Å². The van der Waals surface area contributed by atoms with Gasteiger partial charge >= 0.3 is 5.97 Å². The molecule has 0 aliphatic rings. The van der Waals surface area contributed by atoms with Crippen molar-refractivity contribution in [3.63, 3.8) is 0 Å². The minimum Gasteiger partial charge on any atom is -0.464 e. The second-order valence-electron chi connectivity index (χ2n) is 2.78. The minimum atomic E-state index is -0.647. The van der Waals surface area contributed by atoms with Gasteiger partial charge in [0.2, 0.25) is 0 Å². The standard InChI is InChI=1S/C10H12O2S2/c11-9(10(13)14)12-7-6-8-4-2-1-3-5-8/h1-5,10,13-14H,6-7H2. The van der Waals surface area contributed by atoms with E-state index in [4.69, 9.17) is 4.74 Å². The van der Waals surface area contributed by atoms with E-state index in [1.165, 1.54) is 0 Å². The molecule has 0 amide bonds. The molecule has 0 N–H and O–H groups in total. The van der Waals surface area contributed by atoms with Crippen molar-refractivity contribution in [1.82, 2.24) is 0 Å². The van der Waals surface area contributed by atoms with Gasteiger partial charge in [0, 0.05) is 6.42 Å². The van der Waals surface area contributed by atoms with Crippen molar-refractivity contribution in [1.29, 1.82) is 0 Å². The summed E-state index contributed by atoms with van der Waals surface area (Å²) in [5.74, 6) is -0.396. The van der Waals surface area contributed by atoms with E-state index in [1.54, 1.807) is 0 Å². The molecule has 4 heteroatoms. The molecule has 0 heterocycles. The van der Waals surface area contributed by atoms with Crippen LogP contribution in [0.4, 0.5) is 0 Å². The highest BCUT2D eigenvalue weighted by atomic mass is 32.2. The molecular weight excluding hydrogens is 216 g/mol. The zero-order valence-electron chi connectivity index (χ0n) is 7.59. The molecule has 0 bridgehead atoms. The van der Waals surface area contributed by atoms with Crippen molar-refractivity contribution >= 4 is 31.2 Å². The summed E-state index contributed by atoms with van der Waals surface area (Å²) in [6.07, 6.45) is 0.723. The minimum absolute atomic E-state index is 0.375. The molecule has 1 aromatic rings. The lowest BCUT2D eigenvalue weighted by molar-refractivity contribution is -0.141. The highest BCUT2D eigenvalue weighted by Crippen LogP contribution is 2.04. The van der Waals surface area contributed by atoms with E-state index in [0.29, 0.717) is 6.61 Å². The number of carbonyl (C=O) groups excluding carboxylic acids is 1. The number of hydrogen-bond donors (Lipinski definition) is 2. The van der Waals surface area contributed by atoms with Crippen LogP contribution in [-0.4, -0.2) is 17.2 Å². The summed E-state index contributed by atoms with van der Waals surface area (Å²) in [5, 5.41) is 0. The monoisotopic (exact) mass is 228 g/mol. The lowest BCUT2D eigenvalue weighted by atomic mass is 10.2. The number of ether oxygens (including phenoxy) is 1. The van der Waals surface area contributed by atoms with E-state index in [0.717, 1.165) is 12.0 Å². The Morgan fingerprint density at radius 2 is 1.93 bits per heavy atom. The normalized spacial score (nSPS) is 10.2. The lowest BCUT2D eigenvalue weighted by Crippen LogP contribution is -2.14. The molecule has 1 rings (SSSR count). The number of rotatable bonds is 4. The Labute approximate surface area is 94.5 Å². The molecular formula is C10H12O2S2. The van der Waals surface area contributed by atoms with E-state index >= 15 is 0 Å². The zero-order valence-corrected chi connectivity index (χ0v) is 9.38. The number of hydrogen-bond acceptors (Lipinski definition) is 4. The van der Waals surface area contributed by atoms with Gasteiger partial charge in [-0.2, -0.15) is 25.3 Å². The molecule has 2 nitrogen and oxygen atoms in total. The Bertz CT molecular complexity index is 285. The molecule has 0 aliphatic heterocycles. The second-order valence-corrected chi connectivity index (χ2v) is 4.22. The van der Waals surface area contributed by atoms with Crippen LogP contribution in [0.15, 0.2) is 30.3 Å². The quantitative estimate of drug-likeness (QED) is 0.468. The van der Waals surface area contributed by atoms with Crippen molar-refractivity contribution in [3.05, 3.63) is 35.9 Å². The summed E-state index contributed by atoms with van der Waals surface area (Å²) in [4.78, 5) is 11.0. The zero-order chi connectivity index (χ0) is 10.4. The van der Waals surface area contributed by atoms with Crippen LogP contribution >= 0.6 is 25.3 Å². The number of carbonyl (C=O) groups is 1. The van der Waals surface area contributed by atoms with Gasteiger partial charge in [-0.1, -0.05) is 30.3 Å². The smallest absolute Gasteiger partial charge is 0.328 e. The average molecular weight is 228 g/mol. The maximum atomic E-state index is 11.0. The third kappa shape index (κ3) is 4.07. The fraction of sp³-hybridized carbons (Fsp3) is 0.300. The largest absolute Gasteiger partial charge is 0.464 e. The van der Waals surface area contributed by atoms with Crippen molar-refractivity contribution in [2.75, 3.05) is 6.61 Å². The SMILES string of the molecule is O=C(OCCc1ccccc1)C(S)S. The summed E-state index contributed by atoms with van der Waals surface area (Å²) in [5.41, 5.74) is 1.15. The van der Waals surface area contributed by atoms with Gasteiger partial charge in [0.05, 0.1) is 6.61 Å². The molecule has 0 aromatic heterocycles. The molecule has 14 heavy (non-hydrogen) atoms. The van der Waals surface area contributed by atoms with Crippen LogP contribution in [0.5, 0.6) is 0 Å². The Morgan fingerprint density at radius 1 is 1.29 bits per heavy atom. The van der Waals surface area contributed by atoms with Crippen LogP contribution in [0.1, 0.15) is 5.56 Å². The first-order chi connectivity index (χ1) is 6.70. The fourth-order valence-electron chi connectivity index (χ4n) is 0.989.